The lowest BCUT2D eigenvalue weighted by atomic mass is 10.0. The van der Waals surface area contributed by atoms with E-state index in [1.807, 2.05) is 0 Å². The predicted octanol–water partition coefficient (Wildman–Crippen LogP) is 4.49. The maximum Gasteiger partial charge on any atom is 0.416 e. The van der Waals surface area contributed by atoms with Gasteiger partial charge in [-0.2, -0.15) is 26.3 Å². The molecule has 0 aliphatic rings. The lowest BCUT2D eigenvalue weighted by Crippen LogP contribution is -2.25. The van der Waals surface area contributed by atoms with Crippen molar-refractivity contribution < 1.29 is 40.7 Å². The number of hydrogen-bond donors (Lipinski definition) is 2. The lowest BCUT2D eigenvalue weighted by Gasteiger charge is -2.13. The van der Waals surface area contributed by atoms with Crippen LogP contribution < -0.4 is 15.4 Å². The van der Waals surface area contributed by atoms with E-state index in [0.717, 1.165) is 0 Å². The summed E-state index contributed by atoms with van der Waals surface area (Å²) in [6, 6.07) is 7.06. The second-order valence-electron chi connectivity index (χ2n) is 6.33. The zero-order chi connectivity index (χ0) is 23.9. The number of rotatable bonds is 5. The molecule has 0 saturated heterocycles. The molecule has 0 saturated carbocycles. The van der Waals surface area contributed by atoms with E-state index in [1.165, 1.54) is 6.92 Å². The summed E-state index contributed by atoms with van der Waals surface area (Å²) in [5, 5.41) is 4.70. The van der Waals surface area contributed by atoms with E-state index >= 15 is 0 Å². The van der Waals surface area contributed by atoms with Gasteiger partial charge in [-0.15, -0.1) is 0 Å². The Bertz CT molecular complexity index is 1020. The van der Waals surface area contributed by atoms with Crippen LogP contribution in [0.4, 0.5) is 32.0 Å². The van der Waals surface area contributed by atoms with E-state index in [0.29, 0.717) is 23.6 Å². The molecule has 5 nitrogen and oxygen atoms in total. The van der Waals surface area contributed by atoms with Crippen molar-refractivity contribution in [2.45, 2.75) is 19.3 Å². The summed E-state index contributed by atoms with van der Waals surface area (Å²) in [5.41, 5.74) is -3.45. The van der Waals surface area contributed by atoms with E-state index in [-0.39, 0.29) is 25.1 Å². The minimum Gasteiger partial charge on any atom is -0.481 e. The summed E-state index contributed by atoms with van der Waals surface area (Å²) in [5.74, 6) is 4.01. The fourth-order valence-electron chi connectivity index (χ4n) is 2.41. The van der Waals surface area contributed by atoms with Gasteiger partial charge in [0.1, 0.15) is 12.4 Å². The van der Waals surface area contributed by atoms with E-state index in [4.69, 9.17) is 4.74 Å². The topological polar surface area (TPSA) is 67.4 Å². The van der Waals surface area contributed by atoms with Gasteiger partial charge in [-0.25, -0.2) is 0 Å². The van der Waals surface area contributed by atoms with Gasteiger partial charge in [0.2, 0.25) is 5.91 Å². The summed E-state index contributed by atoms with van der Waals surface area (Å²) in [6.07, 6.45) is -10.1. The third-order valence-corrected chi connectivity index (χ3v) is 3.78. The number of alkyl halides is 6. The van der Waals surface area contributed by atoms with Crippen molar-refractivity contribution in [1.29, 1.82) is 0 Å². The van der Waals surface area contributed by atoms with E-state index < -0.39 is 35.0 Å². The molecule has 0 fully saturated rings. The molecule has 0 radical (unpaired) electrons. The van der Waals surface area contributed by atoms with Gasteiger partial charge in [0.05, 0.1) is 17.7 Å². The highest BCUT2D eigenvalue weighted by Crippen LogP contribution is 2.36. The lowest BCUT2D eigenvalue weighted by molar-refractivity contribution is -0.143. The number of anilines is 1. The van der Waals surface area contributed by atoms with E-state index in [2.05, 4.69) is 22.5 Å². The summed E-state index contributed by atoms with van der Waals surface area (Å²) in [6.45, 7) is 0.906. The fourth-order valence-corrected chi connectivity index (χ4v) is 2.41. The van der Waals surface area contributed by atoms with Crippen LogP contribution in [0.25, 0.3) is 0 Å². The van der Waals surface area contributed by atoms with Crippen molar-refractivity contribution in [1.82, 2.24) is 5.32 Å². The molecular weight excluding hydrogens is 442 g/mol. The van der Waals surface area contributed by atoms with Gasteiger partial charge in [-0.3, -0.25) is 9.59 Å². The highest BCUT2D eigenvalue weighted by molar-refractivity contribution is 5.94. The number of carbonyl (C=O) groups excluding carboxylic acids is 2. The number of nitrogens with one attached hydrogen (secondary N) is 2. The molecule has 0 unspecified atom stereocenters. The minimum absolute atomic E-state index is 0.0607. The molecule has 2 amide bonds. The van der Waals surface area contributed by atoms with Crippen LogP contribution in [0, 0.1) is 11.8 Å². The first-order valence-electron chi connectivity index (χ1n) is 8.90. The number of carbonyl (C=O) groups is 2. The molecule has 32 heavy (non-hydrogen) atoms. The molecule has 2 N–H and O–H groups in total. The molecule has 170 valence electrons. The first-order chi connectivity index (χ1) is 14.9. The highest BCUT2D eigenvalue weighted by atomic mass is 19.4. The van der Waals surface area contributed by atoms with Crippen molar-refractivity contribution in [3.8, 4) is 17.6 Å². The van der Waals surface area contributed by atoms with Crippen LogP contribution in [0.2, 0.25) is 0 Å². The normalized spacial score (nSPS) is 11.2. The first-order valence-corrected chi connectivity index (χ1v) is 8.90. The smallest absolute Gasteiger partial charge is 0.416 e. The van der Waals surface area contributed by atoms with Crippen LogP contribution >= 0.6 is 0 Å². The Hall–Kier alpha value is -3.68. The van der Waals surface area contributed by atoms with Crippen molar-refractivity contribution in [3.63, 3.8) is 0 Å². The second kappa shape index (κ2) is 10.1. The van der Waals surface area contributed by atoms with Crippen LogP contribution in [0.3, 0.4) is 0 Å². The van der Waals surface area contributed by atoms with Crippen LogP contribution in [0.1, 0.15) is 28.4 Å². The molecule has 2 aromatic carbocycles. The number of hydrogen-bond acceptors (Lipinski definition) is 3. The Morgan fingerprint density at radius 3 is 2.12 bits per heavy atom. The van der Waals surface area contributed by atoms with Crippen molar-refractivity contribution >= 4 is 17.5 Å². The van der Waals surface area contributed by atoms with Gasteiger partial charge >= 0.3 is 12.4 Å². The Morgan fingerprint density at radius 1 is 0.938 bits per heavy atom. The molecule has 0 aromatic heterocycles. The van der Waals surface area contributed by atoms with Gasteiger partial charge in [0, 0.05) is 24.2 Å². The van der Waals surface area contributed by atoms with E-state index in [1.54, 1.807) is 24.3 Å². The van der Waals surface area contributed by atoms with Crippen molar-refractivity contribution in [2.75, 3.05) is 18.5 Å². The van der Waals surface area contributed by atoms with Gasteiger partial charge in [0.15, 0.2) is 0 Å². The third-order valence-electron chi connectivity index (χ3n) is 3.78. The Balaban J connectivity index is 1.97. The molecule has 0 atom stereocenters. The number of benzene rings is 2. The summed E-state index contributed by atoms with van der Waals surface area (Å²) in [4.78, 5) is 23.0. The van der Waals surface area contributed by atoms with Crippen molar-refractivity contribution in [2.24, 2.45) is 0 Å². The maximum absolute atomic E-state index is 12.9. The maximum atomic E-state index is 12.9. The standard InChI is InChI=1S/C21H16F6N2O3/c1-13(30)29-17-5-4-6-18(12-17)32-8-3-2-7-28-19(31)14-9-15(20(22,23)24)11-16(10-14)21(25,26)27/h4-6,9-12H,7-8H2,1H3,(H,28,31)(H,29,30). The fraction of sp³-hybridized carbons (Fsp3) is 0.238. The van der Waals surface area contributed by atoms with E-state index in [9.17, 15) is 35.9 Å². The molecule has 0 aliphatic heterocycles. The number of ether oxygens (including phenoxy) is 1. The average molecular weight is 458 g/mol. The second-order valence-corrected chi connectivity index (χ2v) is 6.33. The predicted molar refractivity (Wildman–Crippen MR) is 103 cm³/mol. The Labute approximate surface area is 178 Å². The molecule has 0 aliphatic carbocycles. The minimum atomic E-state index is -5.05. The number of amides is 2. The largest absolute Gasteiger partial charge is 0.481 e. The Morgan fingerprint density at radius 2 is 1.56 bits per heavy atom. The molecule has 0 bridgehead atoms. The van der Waals surface area contributed by atoms with Crippen LogP contribution in [-0.2, 0) is 17.1 Å². The van der Waals surface area contributed by atoms with Gasteiger partial charge < -0.3 is 15.4 Å². The van der Waals surface area contributed by atoms with Crippen LogP contribution in [0.5, 0.6) is 5.75 Å². The first kappa shape index (κ1) is 24.6. The van der Waals surface area contributed by atoms with Gasteiger partial charge in [-0.05, 0) is 30.3 Å². The zero-order valence-electron chi connectivity index (χ0n) is 16.4. The SMILES string of the molecule is CC(=O)Nc1cccc(OCC#CCNC(=O)c2cc(C(F)(F)F)cc(C(F)(F)F)c2)c1. The molecular formula is C21H16F6N2O3. The monoisotopic (exact) mass is 458 g/mol. The van der Waals surface area contributed by atoms with Crippen LogP contribution in [0.15, 0.2) is 42.5 Å². The van der Waals surface area contributed by atoms with Gasteiger partial charge in [-0.1, -0.05) is 17.9 Å². The highest BCUT2D eigenvalue weighted by Gasteiger charge is 2.37. The number of halogens is 6. The Kier molecular flexibility index (Phi) is 7.75. The summed E-state index contributed by atoms with van der Waals surface area (Å²) < 4.78 is 82.5. The molecule has 2 rings (SSSR count). The quantitative estimate of drug-likeness (QED) is 0.513. The van der Waals surface area contributed by atoms with Crippen LogP contribution in [-0.4, -0.2) is 25.0 Å². The summed E-state index contributed by atoms with van der Waals surface area (Å²) in [7, 11) is 0. The van der Waals surface area contributed by atoms with Gasteiger partial charge in [0.25, 0.3) is 5.91 Å². The molecule has 0 heterocycles. The summed E-state index contributed by atoms with van der Waals surface area (Å²) >= 11 is 0. The molecule has 11 heteroatoms. The average Bonchev–Trinajstić information content (AvgIpc) is 2.68. The zero-order valence-corrected chi connectivity index (χ0v) is 16.4. The van der Waals surface area contributed by atoms with Crippen molar-refractivity contribution in [3.05, 3.63) is 59.2 Å². The third kappa shape index (κ3) is 7.54. The molecule has 2 aromatic rings. The molecule has 0 spiro atoms.